The van der Waals surface area contributed by atoms with Crippen molar-refractivity contribution in [2.75, 3.05) is 13.7 Å². The molecule has 2 aromatic carbocycles. The van der Waals surface area contributed by atoms with Crippen LogP contribution in [0.3, 0.4) is 0 Å². The van der Waals surface area contributed by atoms with E-state index in [9.17, 15) is 4.79 Å². The lowest BCUT2D eigenvalue weighted by Crippen LogP contribution is -2.24. The Hall–Kier alpha value is -3.32. The van der Waals surface area contributed by atoms with Crippen LogP contribution in [0.1, 0.15) is 16.8 Å². The second-order valence-corrected chi connectivity index (χ2v) is 6.55. The zero-order chi connectivity index (χ0) is 20.6. The summed E-state index contributed by atoms with van der Waals surface area (Å²) in [5, 5.41) is 8.86. The van der Waals surface area contributed by atoms with Gasteiger partial charge in [-0.1, -0.05) is 41.9 Å². The number of carbonyl (C=O) groups is 1. The maximum Gasteiger partial charge on any atom is 0.277 e. The van der Waals surface area contributed by atoms with Gasteiger partial charge in [0.05, 0.1) is 31.1 Å². The summed E-state index contributed by atoms with van der Waals surface area (Å²) in [6.45, 7) is 2.23. The zero-order valence-electron chi connectivity index (χ0n) is 16.1. The van der Waals surface area contributed by atoms with Crippen LogP contribution < -0.4 is 14.9 Å². The molecule has 3 rings (SSSR count). The third-order valence-electron chi connectivity index (χ3n) is 4.10. The first-order chi connectivity index (χ1) is 14.1. The van der Waals surface area contributed by atoms with E-state index in [1.54, 1.807) is 36.1 Å². The van der Waals surface area contributed by atoms with Gasteiger partial charge in [0.2, 0.25) is 0 Å². The lowest BCUT2D eigenvalue weighted by molar-refractivity contribution is -0.123. The fourth-order valence-corrected chi connectivity index (χ4v) is 2.88. The van der Waals surface area contributed by atoms with E-state index in [1.165, 1.54) is 6.21 Å². The first-order valence-corrected chi connectivity index (χ1v) is 9.30. The molecular formula is C21H21ClN4O3. The van der Waals surface area contributed by atoms with Gasteiger partial charge in [-0.2, -0.15) is 10.2 Å². The van der Waals surface area contributed by atoms with Gasteiger partial charge >= 0.3 is 0 Å². The van der Waals surface area contributed by atoms with Crippen molar-refractivity contribution in [3.63, 3.8) is 0 Å². The third-order valence-corrected chi connectivity index (χ3v) is 4.50. The Bertz CT molecular complexity index is 985. The molecule has 7 nitrogen and oxygen atoms in total. The van der Waals surface area contributed by atoms with Gasteiger partial charge in [0.15, 0.2) is 6.61 Å². The molecule has 1 heterocycles. The molecule has 0 spiro atoms. The lowest BCUT2D eigenvalue weighted by Gasteiger charge is -2.05. The third kappa shape index (κ3) is 5.58. The van der Waals surface area contributed by atoms with Crippen molar-refractivity contribution >= 4 is 23.7 Å². The monoisotopic (exact) mass is 412 g/mol. The predicted octanol–water partition coefficient (Wildman–Crippen LogP) is 3.43. The second-order valence-electron chi connectivity index (χ2n) is 6.19. The SMILES string of the molecule is COc1ccc(OCC(=O)N/N=C\c2c(C)nn(Cc3ccccc3)c2Cl)cc1. The number of aryl methyl sites for hydroxylation is 1. The highest BCUT2D eigenvalue weighted by Crippen LogP contribution is 2.19. The summed E-state index contributed by atoms with van der Waals surface area (Å²) in [7, 11) is 1.58. The second kappa shape index (κ2) is 9.75. The molecule has 1 aromatic heterocycles. The van der Waals surface area contributed by atoms with Crippen LogP contribution in [-0.2, 0) is 11.3 Å². The summed E-state index contributed by atoms with van der Waals surface area (Å²) in [6.07, 6.45) is 1.48. The normalized spacial score (nSPS) is 10.9. The molecule has 0 aliphatic rings. The number of nitrogens with one attached hydrogen (secondary N) is 1. The molecule has 0 aliphatic heterocycles. The first-order valence-electron chi connectivity index (χ1n) is 8.92. The number of amides is 1. The number of hydrogen-bond acceptors (Lipinski definition) is 5. The van der Waals surface area contributed by atoms with Crippen molar-refractivity contribution in [2.24, 2.45) is 5.10 Å². The van der Waals surface area contributed by atoms with Crippen molar-refractivity contribution in [1.29, 1.82) is 0 Å². The van der Waals surface area contributed by atoms with Crippen LogP contribution in [0.4, 0.5) is 0 Å². The number of hydrazone groups is 1. The van der Waals surface area contributed by atoms with Crippen LogP contribution >= 0.6 is 11.6 Å². The Morgan fingerprint density at radius 2 is 1.86 bits per heavy atom. The number of halogens is 1. The molecule has 29 heavy (non-hydrogen) atoms. The number of nitrogens with zero attached hydrogens (tertiary/aromatic N) is 3. The van der Waals surface area contributed by atoms with Gasteiger partial charge in [-0.05, 0) is 36.8 Å². The van der Waals surface area contributed by atoms with Gasteiger partial charge in [-0.3, -0.25) is 4.79 Å². The number of ether oxygens (including phenoxy) is 2. The number of carbonyl (C=O) groups excluding carboxylic acids is 1. The first kappa shape index (κ1) is 20.4. The summed E-state index contributed by atoms with van der Waals surface area (Å²) < 4.78 is 12.2. The average molecular weight is 413 g/mol. The number of methoxy groups -OCH3 is 1. The van der Waals surface area contributed by atoms with Crippen LogP contribution in [0.15, 0.2) is 59.7 Å². The van der Waals surface area contributed by atoms with Crippen molar-refractivity contribution in [3.8, 4) is 11.5 Å². The fourth-order valence-electron chi connectivity index (χ4n) is 2.60. The molecule has 0 saturated heterocycles. The Balaban J connectivity index is 1.54. The van der Waals surface area contributed by atoms with Gasteiger partial charge < -0.3 is 9.47 Å². The Morgan fingerprint density at radius 3 is 2.55 bits per heavy atom. The van der Waals surface area contributed by atoms with E-state index in [4.69, 9.17) is 21.1 Å². The van der Waals surface area contributed by atoms with Gasteiger partial charge in [0.1, 0.15) is 16.7 Å². The molecule has 1 amide bonds. The van der Waals surface area contributed by atoms with Crippen LogP contribution in [0.2, 0.25) is 5.15 Å². The molecule has 0 radical (unpaired) electrons. The minimum absolute atomic E-state index is 0.163. The molecule has 0 unspecified atom stereocenters. The highest BCUT2D eigenvalue weighted by molar-refractivity contribution is 6.32. The maximum atomic E-state index is 11.9. The molecule has 3 aromatic rings. The molecule has 0 atom stereocenters. The van der Waals surface area contributed by atoms with E-state index in [2.05, 4.69) is 15.6 Å². The average Bonchev–Trinajstić information content (AvgIpc) is 3.00. The van der Waals surface area contributed by atoms with Gasteiger partial charge in [0, 0.05) is 0 Å². The van der Waals surface area contributed by atoms with Crippen molar-refractivity contribution in [3.05, 3.63) is 76.6 Å². The molecule has 8 heteroatoms. The van der Waals surface area contributed by atoms with Crippen molar-refractivity contribution in [1.82, 2.24) is 15.2 Å². The summed E-state index contributed by atoms with van der Waals surface area (Å²) in [4.78, 5) is 11.9. The van der Waals surface area contributed by atoms with Crippen LogP contribution in [-0.4, -0.2) is 35.6 Å². The minimum Gasteiger partial charge on any atom is -0.497 e. The summed E-state index contributed by atoms with van der Waals surface area (Å²) in [5.74, 6) is 0.889. The maximum absolute atomic E-state index is 11.9. The Morgan fingerprint density at radius 1 is 1.17 bits per heavy atom. The number of aromatic nitrogens is 2. The van der Waals surface area contributed by atoms with E-state index in [-0.39, 0.29) is 12.5 Å². The predicted molar refractivity (Wildman–Crippen MR) is 112 cm³/mol. The highest BCUT2D eigenvalue weighted by Gasteiger charge is 2.12. The molecule has 0 saturated carbocycles. The number of hydrogen-bond donors (Lipinski definition) is 1. The summed E-state index contributed by atoms with van der Waals surface area (Å²) >= 11 is 6.42. The van der Waals surface area contributed by atoms with E-state index in [1.807, 2.05) is 37.3 Å². The number of benzene rings is 2. The van der Waals surface area contributed by atoms with Crippen molar-refractivity contribution < 1.29 is 14.3 Å². The quantitative estimate of drug-likeness (QED) is 0.454. The standard InChI is InChI=1S/C21H21ClN4O3/c1-15-19(21(22)26(25-15)13-16-6-4-3-5-7-16)12-23-24-20(27)14-29-18-10-8-17(28-2)9-11-18/h3-12H,13-14H2,1-2H3,(H,24,27)/b23-12-. The molecule has 0 aliphatic carbocycles. The minimum atomic E-state index is -0.387. The molecular weight excluding hydrogens is 392 g/mol. The van der Waals surface area contributed by atoms with Gasteiger partial charge in [-0.15, -0.1) is 0 Å². The lowest BCUT2D eigenvalue weighted by atomic mass is 10.2. The van der Waals surface area contributed by atoms with E-state index in [0.717, 1.165) is 11.3 Å². The van der Waals surface area contributed by atoms with Crippen LogP contribution in [0, 0.1) is 6.92 Å². The highest BCUT2D eigenvalue weighted by atomic mass is 35.5. The zero-order valence-corrected chi connectivity index (χ0v) is 16.9. The molecule has 0 fully saturated rings. The van der Waals surface area contributed by atoms with E-state index >= 15 is 0 Å². The van der Waals surface area contributed by atoms with Gasteiger partial charge in [-0.25, -0.2) is 10.1 Å². The van der Waals surface area contributed by atoms with Crippen LogP contribution in [0.5, 0.6) is 11.5 Å². The van der Waals surface area contributed by atoms with E-state index < -0.39 is 0 Å². The topological polar surface area (TPSA) is 77.7 Å². The molecule has 1 N–H and O–H groups in total. The number of rotatable bonds is 8. The smallest absolute Gasteiger partial charge is 0.277 e. The van der Waals surface area contributed by atoms with E-state index in [0.29, 0.717) is 28.8 Å². The van der Waals surface area contributed by atoms with Gasteiger partial charge in [0.25, 0.3) is 5.91 Å². The molecule has 150 valence electrons. The Labute approximate surface area is 173 Å². The van der Waals surface area contributed by atoms with Crippen LogP contribution in [0.25, 0.3) is 0 Å². The molecule has 0 bridgehead atoms. The summed E-state index contributed by atoms with van der Waals surface area (Å²) in [6, 6.07) is 16.8. The Kier molecular flexibility index (Phi) is 6.86. The largest absolute Gasteiger partial charge is 0.497 e. The summed E-state index contributed by atoms with van der Waals surface area (Å²) in [5.41, 5.74) is 4.88. The fraction of sp³-hybridized carbons (Fsp3) is 0.190. The van der Waals surface area contributed by atoms with Crippen molar-refractivity contribution in [2.45, 2.75) is 13.5 Å².